The molecule has 0 spiro atoms. The van der Waals surface area contributed by atoms with Crippen molar-refractivity contribution < 1.29 is 28.7 Å². The number of hydrogen-bond donors (Lipinski definition) is 0. The van der Waals surface area contributed by atoms with Gasteiger partial charge >= 0.3 is 11.9 Å². The van der Waals surface area contributed by atoms with Gasteiger partial charge < -0.3 is 9.47 Å². The maximum Gasteiger partial charge on any atom is 0.343 e. The summed E-state index contributed by atoms with van der Waals surface area (Å²) in [4.78, 5) is 51.7. The molecule has 0 bridgehead atoms. The highest BCUT2D eigenvalue weighted by Gasteiger charge is 2.33. The Morgan fingerprint density at radius 3 is 1.64 bits per heavy atom. The molecule has 0 saturated carbocycles. The van der Waals surface area contributed by atoms with E-state index >= 15 is 0 Å². The first-order valence-electron chi connectivity index (χ1n) is 13.3. The quantitative estimate of drug-likeness (QED) is 0.129. The maximum atomic E-state index is 13.3. The lowest BCUT2D eigenvalue weighted by molar-refractivity contribution is -0.119. The van der Waals surface area contributed by atoms with Gasteiger partial charge in [-0.1, -0.05) is 81.5 Å². The molecule has 0 heterocycles. The maximum absolute atomic E-state index is 13.3. The lowest BCUT2D eigenvalue weighted by atomic mass is 9.94. The number of unbranched alkanes of at least 4 members (excludes halogenated alkanes) is 8. The van der Waals surface area contributed by atoms with Gasteiger partial charge in [-0.15, -0.1) is 0 Å². The molecule has 2 aromatic carbocycles. The van der Waals surface area contributed by atoms with E-state index in [-0.39, 0.29) is 28.9 Å². The van der Waals surface area contributed by atoms with E-state index in [2.05, 4.69) is 6.92 Å². The van der Waals surface area contributed by atoms with Crippen LogP contribution in [0.3, 0.4) is 0 Å². The number of ketones is 2. The molecule has 6 nitrogen and oxygen atoms in total. The van der Waals surface area contributed by atoms with Gasteiger partial charge in [-0.3, -0.25) is 9.59 Å². The zero-order valence-corrected chi connectivity index (χ0v) is 23.5. The van der Waals surface area contributed by atoms with Gasteiger partial charge in [-0.2, -0.15) is 0 Å². The van der Waals surface area contributed by atoms with Gasteiger partial charge in [0.15, 0.2) is 11.5 Å². The number of halogens is 2. The molecule has 1 aliphatic rings. The molecule has 1 aliphatic carbocycles. The van der Waals surface area contributed by atoms with E-state index in [1.165, 1.54) is 74.2 Å². The minimum atomic E-state index is -0.803. The van der Waals surface area contributed by atoms with Crippen molar-refractivity contribution in [3.8, 4) is 0 Å². The number of benzene rings is 2. The average Bonchev–Trinajstić information content (AvgIpc) is 2.92. The fourth-order valence-corrected chi connectivity index (χ4v) is 4.41. The van der Waals surface area contributed by atoms with Crippen LogP contribution in [0.1, 0.15) is 91.8 Å². The Labute approximate surface area is 239 Å². The van der Waals surface area contributed by atoms with E-state index in [0.29, 0.717) is 16.5 Å². The normalized spacial score (nSPS) is 13.4. The minimum absolute atomic E-state index is 0.0201. The van der Waals surface area contributed by atoms with Crippen LogP contribution in [-0.2, 0) is 19.1 Å². The van der Waals surface area contributed by atoms with Crippen LogP contribution < -0.4 is 0 Å². The molecule has 39 heavy (non-hydrogen) atoms. The second-order valence-electron chi connectivity index (χ2n) is 9.38. The van der Waals surface area contributed by atoms with Crippen LogP contribution >= 0.6 is 23.2 Å². The van der Waals surface area contributed by atoms with Gasteiger partial charge in [0.25, 0.3) is 0 Å². The lowest BCUT2D eigenvalue weighted by Gasteiger charge is -2.18. The third kappa shape index (κ3) is 9.19. The molecule has 3 rings (SSSR count). The number of allylic oxidation sites excluding steroid dienone is 2. The number of ether oxygens (including phenoxy) is 2. The van der Waals surface area contributed by atoms with Crippen molar-refractivity contribution in [1.29, 1.82) is 0 Å². The molecular formula is C31H32Cl2O6. The van der Waals surface area contributed by atoms with E-state index in [1.54, 1.807) is 0 Å². The summed E-state index contributed by atoms with van der Waals surface area (Å²) in [7, 11) is 0. The zero-order chi connectivity index (χ0) is 28.2. The Kier molecular flexibility index (Phi) is 12.0. The molecule has 206 valence electrons. The molecule has 0 saturated heterocycles. The van der Waals surface area contributed by atoms with E-state index < -0.39 is 29.3 Å². The third-order valence-electron chi connectivity index (χ3n) is 6.35. The van der Waals surface area contributed by atoms with Crippen molar-refractivity contribution in [3.05, 3.63) is 92.9 Å². The van der Waals surface area contributed by atoms with Crippen LogP contribution in [0.4, 0.5) is 0 Å². The predicted octanol–water partition coefficient (Wildman–Crippen LogP) is 8.22. The fraction of sp³-hybridized carbons (Fsp3) is 0.355. The molecule has 0 unspecified atom stereocenters. The van der Waals surface area contributed by atoms with E-state index in [1.807, 2.05) is 0 Å². The van der Waals surface area contributed by atoms with Gasteiger partial charge in [0.2, 0.25) is 11.6 Å². The molecule has 0 amide bonds. The van der Waals surface area contributed by atoms with Gasteiger partial charge in [0.05, 0.1) is 16.7 Å². The summed E-state index contributed by atoms with van der Waals surface area (Å²) in [6, 6.07) is 11.9. The third-order valence-corrected chi connectivity index (χ3v) is 6.85. The summed E-state index contributed by atoms with van der Waals surface area (Å²) in [5.41, 5.74) is 0.371. The van der Waals surface area contributed by atoms with E-state index in [4.69, 9.17) is 32.7 Å². The van der Waals surface area contributed by atoms with Crippen LogP contribution in [0.25, 0.3) is 0 Å². The number of carbonyl (C=O) groups is 4. The second-order valence-corrected chi connectivity index (χ2v) is 10.3. The SMILES string of the molecule is CCCCCCCCCCCC1=C(OC(=O)c2ccc(Cl)cc2)C(=O)C=C(OC(=O)c2ccc(Cl)cc2)C1=O. The molecule has 0 aliphatic heterocycles. The van der Waals surface area contributed by atoms with Crippen LogP contribution in [0.5, 0.6) is 0 Å². The summed E-state index contributed by atoms with van der Waals surface area (Å²) in [5, 5.41) is 0.879. The average molecular weight is 571 g/mol. The van der Waals surface area contributed by atoms with Crippen molar-refractivity contribution in [2.45, 2.75) is 71.1 Å². The van der Waals surface area contributed by atoms with Crippen molar-refractivity contribution in [3.63, 3.8) is 0 Å². The number of esters is 2. The largest absolute Gasteiger partial charge is 0.419 e. The van der Waals surface area contributed by atoms with Crippen LogP contribution in [0.2, 0.25) is 10.0 Å². The summed E-state index contributed by atoms with van der Waals surface area (Å²) >= 11 is 11.8. The van der Waals surface area contributed by atoms with Crippen molar-refractivity contribution in [2.75, 3.05) is 0 Å². The van der Waals surface area contributed by atoms with Gasteiger partial charge in [-0.05, 0) is 61.4 Å². The molecule has 0 aromatic heterocycles. The van der Waals surface area contributed by atoms with E-state index in [9.17, 15) is 19.2 Å². The summed E-state index contributed by atoms with van der Waals surface area (Å²) in [6.45, 7) is 2.19. The monoisotopic (exact) mass is 570 g/mol. The zero-order valence-electron chi connectivity index (χ0n) is 22.0. The molecular weight excluding hydrogens is 539 g/mol. The number of carbonyl (C=O) groups excluding carboxylic acids is 4. The van der Waals surface area contributed by atoms with Crippen LogP contribution in [-0.4, -0.2) is 23.5 Å². The minimum Gasteiger partial charge on any atom is -0.419 e. The molecule has 8 heteroatoms. The first-order valence-corrected chi connectivity index (χ1v) is 14.0. The Bertz CT molecular complexity index is 1240. The molecule has 0 atom stereocenters. The van der Waals surface area contributed by atoms with Crippen LogP contribution in [0, 0.1) is 0 Å². The Balaban J connectivity index is 1.71. The topological polar surface area (TPSA) is 86.7 Å². The standard InChI is InChI=1S/C31H32Cl2O6/c1-2-3-4-5-6-7-8-9-10-11-25-28(35)27(38-30(36)21-12-16-23(32)17-13-21)20-26(34)29(25)39-31(37)22-14-18-24(33)19-15-22/h12-20H,2-11H2,1H3. The molecule has 2 aromatic rings. The Hall–Kier alpha value is -3.22. The predicted molar refractivity (Wildman–Crippen MR) is 151 cm³/mol. The van der Waals surface area contributed by atoms with Gasteiger partial charge in [0.1, 0.15) is 0 Å². The lowest BCUT2D eigenvalue weighted by Crippen LogP contribution is -2.25. The molecule has 0 N–H and O–H groups in total. The molecule has 0 fully saturated rings. The summed E-state index contributed by atoms with van der Waals surface area (Å²) in [5.74, 6) is -3.72. The second kappa shape index (κ2) is 15.4. The number of rotatable bonds is 14. The van der Waals surface area contributed by atoms with Gasteiger partial charge in [-0.25, -0.2) is 9.59 Å². The Morgan fingerprint density at radius 1 is 0.667 bits per heavy atom. The smallest absolute Gasteiger partial charge is 0.343 e. The highest BCUT2D eigenvalue weighted by Crippen LogP contribution is 2.28. The van der Waals surface area contributed by atoms with Crippen molar-refractivity contribution in [1.82, 2.24) is 0 Å². The first-order chi connectivity index (χ1) is 18.8. The number of Topliss-reactive ketones (excluding diaryl/α,β-unsaturated/α-hetero) is 1. The summed E-state index contributed by atoms with van der Waals surface area (Å²) in [6.07, 6.45) is 10.7. The van der Waals surface area contributed by atoms with Crippen molar-refractivity contribution in [2.24, 2.45) is 0 Å². The molecule has 0 radical (unpaired) electrons. The number of hydrogen-bond acceptors (Lipinski definition) is 6. The first kappa shape index (κ1) is 30.3. The van der Waals surface area contributed by atoms with E-state index in [0.717, 1.165) is 31.8 Å². The highest BCUT2D eigenvalue weighted by molar-refractivity contribution is 6.31. The Morgan fingerprint density at radius 2 is 1.13 bits per heavy atom. The van der Waals surface area contributed by atoms with Gasteiger partial charge in [0, 0.05) is 16.1 Å². The summed E-state index contributed by atoms with van der Waals surface area (Å²) < 4.78 is 10.7. The fourth-order valence-electron chi connectivity index (χ4n) is 4.16. The van der Waals surface area contributed by atoms with Crippen LogP contribution in [0.15, 0.2) is 71.7 Å². The highest BCUT2D eigenvalue weighted by atomic mass is 35.5. The van der Waals surface area contributed by atoms with Crippen molar-refractivity contribution >= 4 is 46.7 Å².